The van der Waals surface area contributed by atoms with Crippen LogP contribution in [0.3, 0.4) is 0 Å². The molecule has 1 unspecified atom stereocenters. The Morgan fingerprint density at radius 2 is 1.78 bits per heavy atom. The number of hydrogen-bond donors (Lipinski definition) is 1. The molecule has 0 saturated heterocycles. The molecule has 1 rings (SSSR count). The zero-order chi connectivity index (χ0) is 6.69. The summed E-state index contributed by atoms with van der Waals surface area (Å²) in [6.07, 6.45) is 0. The Kier molecular flexibility index (Phi) is 2.18. The van der Waals surface area contributed by atoms with Crippen LogP contribution in [0.1, 0.15) is 0 Å². The monoisotopic (exact) mass is 184 g/mol. The summed E-state index contributed by atoms with van der Waals surface area (Å²) in [5.41, 5.74) is 2.21. The van der Waals surface area contributed by atoms with Crippen molar-refractivity contribution in [3.05, 3.63) is 24.3 Å². The van der Waals surface area contributed by atoms with E-state index in [0.29, 0.717) is 5.75 Å². The number of phenolic OH excluding ortho intramolecular Hbond substituents is 1. The zero-order valence-corrected chi connectivity index (χ0v) is 7.35. The number of hydrogen-bond acceptors (Lipinski definition) is 1. The van der Waals surface area contributed by atoms with Gasteiger partial charge in [-0.25, -0.2) is 0 Å². The normalized spacial score (nSPS) is 10.8. The predicted octanol–water partition coefficient (Wildman–Crippen LogP) is 0.502. The molecule has 0 aromatic heterocycles. The Morgan fingerprint density at radius 1 is 1.22 bits per heavy atom. The van der Waals surface area contributed by atoms with E-state index >= 15 is 0 Å². The molecule has 48 valence electrons. The molecule has 1 nitrogen and oxygen atoms in total. The van der Waals surface area contributed by atoms with E-state index in [2.05, 4.69) is 5.71 Å². The second-order valence-corrected chi connectivity index (χ2v) is 4.06. The van der Waals surface area contributed by atoms with Crippen LogP contribution in [-0.4, -0.2) is 20.9 Å². The average Bonchev–Trinajstić information content (AvgIpc) is 1.90. The van der Waals surface area contributed by atoms with E-state index < -0.39 is 0 Å². The van der Waals surface area contributed by atoms with Crippen LogP contribution in [0.5, 0.6) is 5.75 Å². The fourth-order valence-electron chi connectivity index (χ4n) is 0.628. The summed E-state index contributed by atoms with van der Waals surface area (Å²) in [4.78, 5) is 0. The number of phenols is 1. The molecule has 1 aromatic carbocycles. The first kappa shape index (κ1) is 6.70. The average molecular weight is 184 g/mol. The van der Waals surface area contributed by atoms with Gasteiger partial charge in [-0.3, -0.25) is 0 Å². The summed E-state index contributed by atoms with van der Waals surface area (Å²) in [5, 5.41) is 8.87. The SMILES string of the molecule is C[AsH]c1ccc(O)cc1. The quantitative estimate of drug-likeness (QED) is 0.630. The Balaban J connectivity index is 2.88. The van der Waals surface area contributed by atoms with Gasteiger partial charge in [0.25, 0.3) is 0 Å². The first-order chi connectivity index (χ1) is 4.33. The topological polar surface area (TPSA) is 20.2 Å². The van der Waals surface area contributed by atoms with Gasteiger partial charge in [-0.15, -0.1) is 0 Å². The first-order valence-electron chi connectivity index (χ1n) is 2.79. The molecule has 1 aromatic rings. The fourth-order valence-corrected chi connectivity index (χ4v) is 1.68. The molecule has 0 bridgehead atoms. The molecule has 1 N–H and O–H groups in total. The van der Waals surface area contributed by atoms with Crippen molar-refractivity contribution in [3.63, 3.8) is 0 Å². The third-order valence-electron chi connectivity index (χ3n) is 1.16. The van der Waals surface area contributed by atoms with Crippen LogP contribution in [0.2, 0.25) is 5.71 Å². The van der Waals surface area contributed by atoms with Crippen molar-refractivity contribution in [3.8, 4) is 5.75 Å². The van der Waals surface area contributed by atoms with E-state index in [-0.39, 0.29) is 15.8 Å². The molecule has 0 fully saturated rings. The summed E-state index contributed by atoms with van der Waals surface area (Å²) in [7, 11) is 0. The van der Waals surface area contributed by atoms with Crippen LogP contribution < -0.4 is 4.35 Å². The van der Waals surface area contributed by atoms with E-state index in [4.69, 9.17) is 5.11 Å². The van der Waals surface area contributed by atoms with Crippen LogP contribution in [0.4, 0.5) is 0 Å². The number of rotatable bonds is 1. The second kappa shape index (κ2) is 2.93. The van der Waals surface area contributed by atoms with Gasteiger partial charge in [0, 0.05) is 0 Å². The molecule has 0 saturated carbocycles. The number of benzene rings is 1. The summed E-state index contributed by atoms with van der Waals surface area (Å²) in [6, 6.07) is 7.44. The molecule has 0 spiro atoms. The van der Waals surface area contributed by atoms with Gasteiger partial charge in [0.15, 0.2) is 0 Å². The standard InChI is InChI=1S/C7H9AsO/c1-8-6-2-4-7(9)5-3-6/h2-5,8-9H,1H3. The molecule has 1 atom stereocenters. The Labute approximate surface area is 61.4 Å². The minimum absolute atomic E-state index is 0.0706. The maximum atomic E-state index is 8.87. The van der Waals surface area contributed by atoms with Gasteiger partial charge in [-0.05, 0) is 0 Å². The Morgan fingerprint density at radius 3 is 2.22 bits per heavy atom. The Hall–Kier alpha value is -0.422. The summed E-state index contributed by atoms with van der Waals surface area (Å²) < 4.78 is 1.38. The Bertz CT molecular complexity index is 181. The molecule has 0 heterocycles. The van der Waals surface area contributed by atoms with Crippen molar-refractivity contribution in [2.24, 2.45) is 0 Å². The molecule has 0 aliphatic carbocycles. The van der Waals surface area contributed by atoms with Gasteiger partial charge in [0.1, 0.15) is 0 Å². The van der Waals surface area contributed by atoms with Crippen molar-refractivity contribution < 1.29 is 5.11 Å². The van der Waals surface area contributed by atoms with Gasteiger partial charge >= 0.3 is 60.9 Å². The van der Waals surface area contributed by atoms with Crippen LogP contribution >= 0.6 is 0 Å². The van der Waals surface area contributed by atoms with E-state index in [1.54, 1.807) is 12.1 Å². The van der Waals surface area contributed by atoms with Crippen LogP contribution in [0, 0.1) is 0 Å². The molecule has 0 amide bonds. The summed E-state index contributed by atoms with van der Waals surface area (Å²) >= 11 is 0.0706. The van der Waals surface area contributed by atoms with Gasteiger partial charge in [-0.2, -0.15) is 0 Å². The minimum atomic E-state index is 0.0706. The summed E-state index contributed by atoms with van der Waals surface area (Å²) in [6.45, 7) is 0. The van der Waals surface area contributed by atoms with Gasteiger partial charge < -0.3 is 0 Å². The van der Waals surface area contributed by atoms with E-state index in [1.165, 1.54) is 4.35 Å². The van der Waals surface area contributed by atoms with Crippen molar-refractivity contribution in [1.29, 1.82) is 0 Å². The second-order valence-electron chi connectivity index (χ2n) is 1.80. The van der Waals surface area contributed by atoms with Crippen molar-refractivity contribution in [1.82, 2.24) is 0 Å². The third kappa shape index (κ3) is 1.76. The zero-order valence-electron chi connectivity index (χ0n) is 5.26. The van der Waals surface area contributed by atoms with Crippen molar-refractivity contribution in [2.75, 3.05) is 0 Å². The molecule has 2 heteroatoms. The molecule has 0 aliphatic heterocycles. The van der Waals surface area contributed by atoms with E-state index in [9.17, 15) is 0 Å². The molecule has 0 aliphatic rings. The predicted molar refractivity (Wildman–Crippen MR) is 40.8 cm³/mol. The van der Waals surface area contributed by atoms with Gasteiger partial charge in [0.05, 0.1) is 0 Å². The van der Waals surface area contributed by atoms with E-state index in [0.717, 1.165) is 0 Å². The maximum absolute atomic E-state index is 8.87. The molecular weight excluding hydrogens is 175 g/mol. The van der Waals surface area contributed by atoms with Crippen molar-refractivity contribution in [2.45, 2.75) is 5.71 Å². The molecule has 9 heavy (non-hydrogen) atoms. The third-order valence-corrected chi connectivity index (χ3v) is 3.07. The van der Waals surface area contributed by atoms with Crippen LogP contribution in [0.25, 0.3) is 0 Å². The fraction of sp³-hybridized carbons (Fsp3) is 0.143. The van der Waals surface area contributed by atoms with Crippen LogP contribution in [0.15, 0.2) is 24.3 Å². The molecular formula is C7H9AsO. The molecule has 0 radical (unpaired) electrons. The number of aromatic hydroxyl groups is 1. The first-order valence-corrected chi connectivity index (χ1v) is 5.94. The van der Waals surface area contributed by atoms with Gasteiger partial charge in [-0.1, -0.05) is 0 Å². The van der Waals surface area contributed by atoms with E-state index in [1.807, 2.05) is 12.1 Å². The van der Waals surface area contributed by atoms with Crippen molar-refractivity contribution >= 4 is 20.1 Å². The van der Waals surface area contributed by atoms with Gasteiger partial charge in [0.2, 0.25) is 0 Å². The summed E-state index contributed by atoms with van der Waals surface area (Å²) in [5.74, 6) is 0.360. The van der Waals surface area contributed by atoms with Crippen LogP contribution in [-0.2, 0) is 0 Å².